The lowest BCUT2D eigenvalue weighted by molar-refractivity contribution is -0.127. The van der Waals surface area contributed by atoms with Crippen LogP contribution in [0.15, 0.2) is 95.2 Å². The van der Waals surface area contributed by atoms with Gasteiger partial charge in [-0.15, -0.1) is 10.2 Å². The molecule has 0 fully saturated rings. The predicted octanol–water partition coefficient (Wildman–Crippen LogP) is 4.99. The lowest BCUT2D eigenvalue weighted by Gasteiger charge is -2.13. The van der Waals surface area contributed by atoms with Crippen molar-refractivity contribution in [1.29, 1.82) is 0 Å². The van der Waals surface area contributed by atoms with E-state index in [4.69, 9.17) is 4.74 Å². The average Bonchev–Trinajstić information content (AvgIpc) is 3.57. The molecule has 4 aromatic rings. The van der Waals surface area contributed by atoms with Crippen LogP contribution in [0.25, 0.3) is 5.69 Å². The Labute approximate surface area is 214 Å². The standard InChI is InChI=1S/C28H27N5O2S/c1-2-35-24-15-13-23(14-16-24)33-26(19-21-9-5-3-6-10-21)29-30-28(33)36-20-27(34)32-18-17-25(31-32)22-11-7-4-8-12-22/h3-16H,2,17-20H2,1H3. The van der Waals surface area contributed by atoms with E-state index in [0.29, 0.717) is 24.7 Å². The maximum atomic E-state index is 13.0. The van der Waals surface area contributed by atoms with Gasteiger partial charge in [0.2, 0.25) is 0 Å². The van der Waals surface area contributed by atoms with Crippen molar-refractivity contribution in [2.45, 2.75) is 24.9 Å². The van der Waals surface area contributed by atoms with Gasteiger partial charge in [0.15, 0.2) is 5.16 Å². The molecule has 1 aromatic heterocycles. The smallest absolute Gasteiger partial charge is 0.253 e. The van der Waals surface area contributed by atoms with E-state index in [1.807, 2.05) is 84.3 Å². The predicted molar refractivity (Wildman–Crippen MR) is 142 cm³/mol. The van der Waals surface area contributed by atoms with E-state index in [0.717, 1.165) is 40.5 Å². The highest BCUT2D eigenvalue weighted by Crippen LogP contribution is 2.26. The normalized spacial score (nSPS) is 13.0. The van der Waals surface area contributed by atoms with Gasteiger partial charge in [-0.1, -0.05) is 72.4 Å². The minimum absolute atomic E-state index is 0.0446. The van der Waals surface area contributed by atoms with Crippen LogP contribution in [0.2, 0.25) is 0 Å². The third-order valence-corrected chi connectivity index (χ3v) is 6.75. The molecule has 36 heavy (non-hydrogen) atoms. The molecule has 7 nitrogen and oxygen atoms in total. The maximum absolute atomic E-state index is 13.0. The molecule has 0 N–H and O–H groups in total. The fourth-order valence-electron chi connectivity index (χ4n) is 4.08. The Balaban J connectivity index is 1.35. The van der Waals surface area contributed by atoms with Crippen LogP contribution in [0.4, 0.5) is 0 Å². The summed E-state index contributed by atoms with van der Waals surface area (Å²) in [7, 11) is 0. The zero-order chi connectivity index (χ0) is 24.7. The summed E-state index contributed by atoms with van der Waals surface area (Å²) in [5, 5.41) is 15.7. The first-order chi connectivity index (χ1) is 17.7. The number of ether oxygens (including phenoxy) is 1. The Bertz CT molecular complexity index is 1340. The Morgan fingerprint density at radius 2 is 1.67 bits per heavy atom. The topological polar surface area (TPSA) is 72.6 Å². The second kappa shape index (κ2) is 11.2. The number of hydrazone groups is 1. The third-order valence-electron chi connectivity index (χ3n) is 5.83. The van der Waals surface area contributed by atoms with Gasteiger partial charge in [0.05, 0.1) is 24.6 Å². The molecular weight excluding hydrogens is 470 g/mol. The number of aromatic nitrogens is 3. The molecule has 8 heteroatoms. The zero-order valence-electron chi connectivity index (χ0n) is 20.1. The summed E-state index contributed by atoms with van der Waals surface area (Å²) in [5.41, 5.74) is 4.07. The van der Waals surface area contributed by atoms with Crippen LogP contribution in [-0.2, 0) is 11.2 Å². The molecule has 2 heterocycles. The molecule has 1 aliphatic rings. The lowest BCUT2D eigenvalue weighted by atomic mass is 10.1. The summed E-state index contributed by atoms with van der Waals surface area (Å²) < 4.78 is 7.62. The second-order valence-electron chi connectivity index (χ2n) is 8.29. The number of carbonyl (C=O) groups excluding carboxylic acids is 1. The van der Waals surface area contributed by atoms with Crippen molar-refractivity contribution >= 4 is 23.4 Å². The van der Waals surface area contributed by atoms with Gasteiger partial charge in [0.25, 0.3) is 5.91 Å². The number of hydrogen-bond donors (Lipinski definition) is 0. The molecule has 0 radical (unpaired) electrons. The van der Waals surface area contributed by atoms with E-state index in [9.17, 15) is 4.79 Å². The number of nitrogens with zero attached hydrogens (tertiary/aromatic N) is 5. The molecule has 1 aliphatic heterocycles. The van der Waals surface area contributed by atoms with Gasteiger partial charge in [-0.3, -0.25) is 9.36 Å². The molecule has 0 atom stereocenters. The average molecular weight is 498 g/mol. The van der Waals surface area contributed by atoms with Gasteiger partial charge in [-0.25, -0.2) is 5.01 Å². The van der Waals surface area contributed by atoms with Crippen molar-refractivity contribution in [1.82, 2.24) is 19.8 Å². The van der Waals surface area contributed by atoms with Crippen LogP contribution in [0.1, 0.15) is 30.3 Å². The van der Waals surface area contributed by atoms with E-state index in [-0.39, 0.29) is 11.7 Å². The Morgan fingerprint density at radius 1 is 0.944 bits per heavy atom. The summed E-state index contributed by atoms with van der Waals surface area (Å²) in [6, 6.07) is 28.0. The molecule has 0 spiro atoms. The summed E-state index contributed by atoms with van der Waals surface area (Å²) in [4.78, 5) is 13.0. The molecule has 0 bridgehead atoms. The summed E-state index contributed by atoms with van der Waals surface area (Å²) in [6.45, 7) is 3.17. The van der Waals surface area contributed by atoms with Crippen molar-refractivity contribution in [3.05, 3.63) is 102 Å². The molecule has 0 aliphatic carbocycles. The van der Waals surface area contributed by atoms with Crippen molar-refractivity contribution in [2.75, 3.05) is 18.9 Å². The van der Waals surface area contributed by atoms with E-state index >= 15 is 0 Å². The van der Waals surface area contributed by atoms with Gasteiger partial charge in [0.1, 0.15) is 11.6 Å². The molecule has 0 saturated carbocycles. The van der Waals surface area contributed by atoms with E-state index in [2.05, 4.69) is 27.4 Å². The fraction of sp³-hybridized carbons (Fsp3) is 0.214. The molecule has 1 amide bonds. The van der Waals surface area contributed by atoms with E-state index < -0.39 is 0 Å². The van der Waals surface area contributed by atoms with Gasteiger partial charge in [-0.05, 0) is 42.3 Å². The Morgan fingerprint density at radius 3 is 2.39 bits per heavy atom. The number of amides is 1. The minimum atomic E-state index is -0.0446. The molecular formula is C28H27N5O2S. The number of rotatable bonds is 9. The first-order valence-electron chi connectivity index (χ1n) is 12.0. The van der Waals surface area contributed by atoms with Crippen molar-refractivity contribution in [3.8, 4) is 11.4 Å². The van der Waals surface area contributed by atoms with E-state index in [1.165, 1.54) is 11.8 Å². The fourth-order valence-corrected chi connectivity index (χ4v) is 4.92. The molecule has 0 saturated heterocycles. The number of thioether (sulfide) groups is 1. The largest absolute Gasteiger partial charge is 0.494 e. The molecule has 5 rings (SSSR count). The summed E-state index contributed by atoms with van der Waals surface area (Å²) >= 11 is 1.38. The molecule has 0 unspecified atom stereocenters. The monoisotopic (exact) mass is 497 g/mol. The van der Waals surface area contributed by atoms with Crippen LogP contribution in [0, 0.1) is 0 Å². The first kappa shape index (κ1) is 23.8. The number of hydrogen-bond acceptors (Lipinski definition) is 6. The van der Waals surface area contributed by atoms with Crippen molar-refractivity contribution in [3.63, 3.8) is 0 Å². The van der Waals surface area contributed by atoms with Gasteiger partial charge in [0, 0.05) is 18.5 Å². The number of carbonyl (C=O) groups is 1. The van der Waals surface area contributed by atoms with Crippen molar-refractivity contribution < 1.29 is 9.53 Å². The van der Waals surface area contributed by atoms with Crippen LogP contribution in [0.3, 0.4) is 0 Å². The Hall–Kier alpha value is -3.91. The maximum Gasteiger partial charge on any atom is 0.253 e. The van der Waals surface area contributed by atoms with Gasteiger partial charge >= 0.3 is 0 Å². The van der Waals surface area contributed by atoms with E-state index in [1.54, 1.807) is 5.01 Å². The zero-order valence-corrected chi connectivity index (χ0v) is 20.9. The highest BCUT2D eigenvalue weighted by Gasteiger charge is 2.23. The van der Waals surface area contributed by atoms with Crippen LogP contribution in [-0.4, -0.2) is 50.3 Å². The van der Waals surface area contributed by atoms with Crippen LogP contribution in [0.5, 0.6) is 5.75 Å². The highest BCUT2D eigenvalue weighted by atomic mass is 32.2. The summed E-state index contributed by atoms with van der Waals surface area (Å²) in [6.07, 6.45) is 1.39. The van der Waals surface area contributed by atoms with Gasteiger partial charge in [-0.2, -0.15) is 5.10 Å². The lowest BCUT2D eigenvalue weighted by Crippen LogP contribution is -2.25. The number of benzene rings is 3. The van der Waals surface area contributed by atoms with Gasteiger partial charge < -0.3 is 4.74 Å². The summed E-state index contributed by atoms with van der Waals surface area (Å²) in [5.74, 6) is 1.80. The minimum Gasteiger partial charge on any atom is -0.494 e. The first-order valence-corrected chi connectivity index (χ1v) is 13.0. The van der Waals surface area contributed by atoms with Crippen molar-refractivity contribution in [2.24, 2.45) is 5.10 Å². The Kier molecular flexibility index (Phi) is 7.42. The van der Waals surface area contributed by atoms with Crippen LogP contribution >= 0.6 is 11.8 Å². The second-order valence-corrected chi connectivity index (χ2v) is 9.23. The third kappa shape index (κ3) is 5.49. The molecule has 182 valence electrons. The highest BCUT2D eigenvalue weighted by molar-refractivity contribution is 7.99. The van der Waals surface area contributed by atoms with Crippen LogP contribution < -0.4 is 4.74 Å². The quantitative estimate of drug-likeness (QED) is 0.305. The molecule has 3 aromatic carbocycles. The SMILES string of the molecule is CCOc1ccc(-n2c(Cc3ccccc3)nnc2SCC(=O)N2CCC(c3ccccc3)=N2)cc1.